The molecule has 3 aliphatic rings. The molecule has 4 atom stereocenters. The third-order valence-electron chi connectivity index (χ3n) is 7.21. The first-order valence-electron chi connectivity index (χ1n) is 10.8. The fraction of sp³-hybridized carbons (Fsp3) is 0.542. The number of benzene rings is 1. The predicted molar refractivity (Wildman–Crippen MR) is 136 cm³/mol. The Morgan fingerprint density at radius 2 is 1.71 bits per heavy atom. The van der Waals surface area contributed by atoms with Gasteiger partial charge in [-0.05, 0) is 46.8 Å². The third kappa shape index (κ3) is 6.16. The van der Waals surface area contributed by atoms with Gasteiger partial charge < -0.3 is 22.6 Å². The van der Waals surface area contributed by atoms with E-state index in [1.165, 1.54) is 12.0 Å². The van der Waals surface area contributed by atoms with E-state index in [4.69, 9.17) is 18.6 Å². The van der Waals surface area contributed by atoms with Crippen LogP contribution in [0.3, 0.4) is 0 Å². The molecule has 2 fully saturated rings. The van der Waals surface area contributed by atoms with Gasteiger partial charge in [-0.2, -0.15) is 0 Å². The molecule has 7 heteroatoms. The SMILES string of the molecule is CC(C)C1CC2C(c3ccccc3)=CC=CC2C1[Si](C)(C)N1C[N-]C[N-]C1.[CH3-].[Cl][Ti+4][Cl]. The van der Waals surface area contributed by atoms with E-state index < -0.39 is 25.3 Å². The van der Waals surface area contributed by atoms with Gasteiger partial charge in [-0.1, -0.05) is 75.5 Å². The van der Waals surface area contributed by atoms with Crippen molar-refractivity contribution in [1.29, 1.82) is 0 Å². The van der Waals surface area contributed by atoms with Crippen LogP contribution >= 0.6 is 18.6 Å². The van der Waals surface area contributed by atoms with Crippen LogP contribution in [0.25, 0.3) is 16.2 Å². The Morgan fingerprint density at radius 3 is 2.29 bits per heavy atom. The van der Waals surface area contributed by atoms with Crippen molar-refractivity contribution in [3.05, 3.63) is 72.2 Å². The van der Waals surface area contributed by atoms with Crippen LogP contribution in [0, 0.1) is 31.1 Å². The number of allylic oxidation sites excluding steroid dienone is 4. The Hall–Kier alpha value is 0.0912. The fourth-order valence-electron chi connectivity index (χ4n) is 5.78. The normalized spacial score (nSPS) is 28.4. The summed E-state index contributed by atoms with van der Waals surface area (Å²) in [5.41, 5.74) is 3.71. The summed E-state index contributed by atoms with van der Waals surface area (Å²) in [6.45, 7) is 12.4. The van der Waals surface area contributed by atoms with E-state index >= 15 is 0 Å². The number of fused-ring (bicyclic) bond motifs is 1. The Kier molecular flexibility index (Phi) is 11.0. The molecule has 168 valence electrons. The van der Waals surface area contributed by atoms with Gasteiger partial charge in [0.25, 0.3) is 0 Å². The van der Waals surface area contributed by atoms with Gasteiger partial charge in [0.2, 0.25) is 0 Å². The van der Waals surface area contributed by atoms with Crippen molar-refractivity contribution in [2.24, 2.45) is 23.7 Å². The van der Waals surface area contributed by atoms with Crippen molar-refractivity contribution in [2.75, 3.05) is 20.0 Å². The zero-order chi connectivity index (χ0) is 21.7. The summed E-state index contributed by atoms with van der Waals surface area (Å²) < 4.78 is 2.63. The Morgan fingerprint density at radius 1 is 1.10 bits per heavy atom. The molecular weight excluding hydrogens is 477 g/mol. The molecule has 1 heterocycles. The Labute approximate surface area is 207 Å². The van der Waals surface area contributed by atoms with E-state index in [0.717, 1.165) is 30.7 Å². The second-order valence-corrected chi connectivity index (χ2v) is 16.5. The molecule has 1 saturated carbocycles. The van der Waals surface area contributed by atoms with E-state index in [1.807, 2.05) is 0 Å². The van der Waals surface area contributed by atoms with Crippen LogP contribution in [0.4, 0.5) is 0 Å². The molecule has 3 nitrogen and oxygen atoms in total. The first kappa shape index (κ1) is 27.3. The molecule has 0 aromatic heterocycles. The zero-order valence-corrected chi connectivity index (χ0v) is 23.5. The van der Waals surface area contributed by atoms with Crippen LogP contribution < -0.4 is 0 Å². The van der Waals surface area contributed by atoms with E-state index in [9.17, 15) is 0 Å². The number of nitrogens with zero attached hydrogens (tertiary/aromatic N) is 3. The number of hydrogen-bond acceptors (Lipinski definition) is 1. The Bertz CT molecular complexity index is 736. The summed E-state index contributed by atoms with van der Waals surface area (Å²) in [6, 6.07) is 11.0. The second-order valence-electron chi connectivity index (χ2n) is 9.36. The average Bonchev–Trinajstić information content (AvgIpc) is 3.16. The summed E-state index contributed by atoms with van der Waals surface area (Å²) in [7, 11) is 8.11. The van der Waals surface area contributed by atoms with Gasteiger partial charge in [0.15, 0.2) is 0 Å². The topological polar surface area (TPSA) is 31.4 Å². The molecular formula is C24H36Cl2N3SiTi+. The fourth-order valence-corrected chi connectivity index (χ4v) is 9.98. The molecule has 0 N–H and O–H groups in total. The van der Waals surface area contributed by atoms with Crippen molar-refractivity contribution < 1.29 is 17.0 Å². The van der Waals surface area contributed by atoms with Gasteiger partial charge in [0.05, 0.1) is 0 Å². The molecule has 1 aromatic carbocycles. The van der Waals surface area contributed by atoms with Crippen LogP contribution in [0.1, 0.15) is 25.8 Å². The summed E-state index contributed by atoms with van der Waals surface area (Å²) in [5.74, 6) is 2.80. The maximum absolute atomic E-state index is 4.89. The van der Waals surface area contributed by atoms with Crippen LogP contribution in [-0.4, -0.2) is 32.8 Å². The number of rotatable bonds is 4. The molecule has 1 aliphatic heterocycles. The van der Waals surface area contributed by atoms with Gasteiger partial charge in [0, 0.05) is 0 Å². The molecule has 0 bridgehead atoms. The molecule has 0 spiro atoms. The molecule has 1 saturated heterocycles. The van der Waals surface area contributed by atoms with Gasteiger partial charge >= 0.3 is 35.6 Å². The third-order valence-corrected chi connectivity index (χ3v) is 11.6. The van der Waals surface area contributed by atoms with Crippen molar-refractivity contribution in [3.63, 3.8) is 0 Å². The van der Waals surface area contributed by atoms with Gasteiger partial charge in [-0.25, -0.2) is 0 Å². The van der Waals surface area contributed by atoms with Crippen molar-refractivity contribution in [1.82, 2.24) is 4.57 Å². The van der Waals surface area contributed by atoms with E-state index in [0.29, 0.717) is 18.5 Å². The number of halogens is 2. The molecule has 0 amide bonds. The number of hydrogen-bond donors (Lipinski definition) is 0. The monoisotopic (exact) mass is 512 g/mol. The van der Waals surface area contributed by atoms with Gasteiger partial charge in [0.1, 0.15) is 8.24 Å². The van der Waals surface area contributed by atoms with Gasteiger partial charge in [-0.15, -0.1) is 13.3 Å². The van der Waals surface area contributed by atoms with Crippen LogP contribution in [-0.2, 0) is 17.0 Å². The predicted octanol–water partition coefficient (Wildman–Crippen LogP) is 7.89. The van der Waals surface area contributed by atoms with Crippen molar-refractivity contribution in [2.45, 2.75) is 38.9 Å². The molecule has 2 aliphatic carbocycles. The van der Waals surface area contributed by atoms with Crippen LogP contribution in [0.5, 0.6) is 0 Å². The van der Waals surface area contributed by atoms with E-state index in [1.54, 1.807) is 5.57 Å². The summed E-state index contributed by atoms with van der Waals surface area (Å²) >= 11 is -0.556. The first-order chi connectivity index (χ1) is 14.4. The summed E-state index contributed by atoms with van der Waals surface area (Å²) in [4.78, 5) is 0. The minimum absolute atomic E-state index is 0. The first-order valence-corrected chi connectivity index (χ1v) is 18.2. The van der Waals surface area contributed by atoms with Gasteiger partial charge in [-0.3, -0.25) is 6.67 Å². The Balaban J connectivity index is 0.000000808. The van der Waals surface area contributed by atoms with Crippen LogP contribution in [0.15, 0.2) is 48.6 Å². The second kappa shape index (κ2) is 12.5. The molecule has 4 rings (SSSR count). The molecule has 1 aromatic rings. The average molecular weight is 513 g/mol. The summed E-state index contributed by atoms with van der Waals surface area (Å²) in [6.07, 6.45) is 8.54. The summed E-state index contributed by atoms with van der Waals surface area (Å²) in [5, 5.41) is 9.19. The quantitative estimate of drug-likeness (QED) is 0.298. The molecule has 4 unspecified atom stereocenters. The van der Waals surface area contributed by atoms with E-state index in [2.05, 4.69) is 90.7 Å². The zero-order valence-electron chi connectivity index (χ0n) is 19.4. The van der Waals surface area contributed by atoms with Crippen molar-refractivity contribution >= 4 is 32.4 Å². The van der Waals surface area contributed by atoms with Crippen molar-refractivity contribution in [3.8, 4) is 0 Å². The van der Waals surface area contributed by atoms with Crippen LogP contribution in [0.2, 0.25) is 18.6 Å². The van der Waals surface area contributed by atoms with E-state index in [-0.39, 0.29) is 7.43 Å². The minimum atomic E-state index is -1.67. The molecule has 31 heavy (non-hydrogen) atoms. The standard InChI is InChI=1S/C23H33N3Si.CH3.2ClH.Ti/c1-17(2)21-13-22-19(18-9-6-5-7-10-18)11-8-12-20(22)23(21)27(3,4)26-15-24-14-25-16-26;;;;/h5-12,17,20-23H,13-16H2,1-4H3;1H3;2*1H;/q-2;-1;;;+6/p-2. The maximum atomic E-state index is 4.89. The molecule has 0 radical (unpaired) electrons.